The molecule has 0 aliphatic heterocycles. The van der Waals surface area contributed by atoms with E-state index in [-0.39, 0.29) is 5.82 Å². The summed E-state index contributed by atoms with van der Waals surface area (Å²) >= 11 is 0. The highest BCUT2D eigenvalue weighted by molar-refractivity contribution is 5.21. The highest BCUT2D eigenvalue weighted by Crippen LogP contribution is 2.10. The first-order valence-electron chi connectivity index (χ1n) is 5.28. The molecule has 0 saturated carbocycles. The van der Waals surface area contributed by atoms with Crippen molar-refractivity contribution in [2.75, 3.05) is 33.5 Å². The van der Waals surface area contributed by atoms with Crippen LogP contribution in [0.5, 0.6) is 5.75 Å². The number of hydrogen-bond donors (Lipinski definition) is 0. The Balaban J connectivity index is 2.01. The third-order valence-corrected chi connectivity index (χ3v) is 1.95. The third-order valence-electron chi connectivity index (χ3n) is 1.95. The summed E-state index contributed by atoms with van der Waals surface area (Å²) in [5, 5.41) is 0. The van der Waals surface area contributed by atoms with Crippen LogP contribution in [-0.4, -0.2) is 33.5 Å². The van der Waals surface area contributed by atoms with Crippen molar-refractivity contribution in [3.63, 3.8) is 0 Å². The fourth-order valence-electron chi connectivity index (χ4n) is 1.13. The second kappa shape index (κ2) is 8.07. The number of benzene rings is 1. The summed E-state index contributed by atoms with van der Waals surface area (Å²) in [5.41, 5.74) is 0. The molecule has 0 aliphatic rings. The Labute approximate surface area is 95.1 Å². The summed E-state index contributed by atoms with van der Waals surface area (Å²) in [5.74, 6) is 0.425. The Morgan fingerprint density at radius 1 is 1.00 bits per heavy atom. The second-order valence-electron chi connectivity index (χ2n) is 3.26. The molecule has 90 valence electrons. The lowest BCUT2D eigenvalue weighted by Gasteiger charge is -2.06. The van der Waals surface area contributed by atoms with Gasteiger partial charge in [0, 0.05) is 20.1 Å². The van der Waals surface area contributed by atoms with Gasteiger partial charge in [-0.05, 0) is 24.3 Å². The van der Waals surface area contributed by atoms with Crippen molar-refractivity contribution < 1.29 is 18.6 Å². The maximum Gasteiger partial charge on any atom is 0.123 e. The Bertz CT molecular complexity index is 274. The average Bonchev–Trinajstić information content (AvgIpc) is 2.30. The molecule has 3 nitrogen and oxygen atoms in total. The van der Waals surface area contributed by atoms with Gasteiger partial charge in [0.1, 0.15) is 11.6 Å². The molecule has 0 radical (unpaired) electrons. The van der Waals surface area contributed by atoms with E-state index in [1.807, 2.05) is 0 Å². The van der Waals surface area contributed by atoms with E-state index in [1.165, 1.54) is 12.1 Å². The highest BCUT2D eigenvalue weighted by Gasteiger charge is 1.94. The largest absolute Gasteiger partial charge is 0.494 e. The SMILES string of the molecule is COCCOCCCOc1ccc(F)cc1. The molecule has 1 aromatic rings. The molecule has 0 aliphatic carbocycles. The van der Waals surface area contributed by atoms with E-state index >= 15 is 0 Å². The van der Waals surface area contributed by atoms with Gasteiger partial charge in [0.25, 0.3) is 0 Å². The lowest BCUT2D eigenvalue weighted by Crippen LogP contribution is -2.06. The summed E-state index contributed by atoms with van der Waals surface area (Å²) in [7, 11) is 1.64. The molecule has 0 unspecified atom stereocenters. The lowest BCUT2D eigenvalue weighted by atomic mass is 10.3. The van der Waals surface area contributed by atoms with Gasteiger partial charge in [-0.2, -0.15) is 0 Å². The van der Waals surface area contributed by atoms with Crippen LogP contribution in [0.1, 0.15) is 6.42 Å². The van der Waals surface area contributed by atoms with Gasteiger partial charge in [-0.15, -0.1) is 0 Å². The fourth-order valence-corrected chi connectivity index (χ4v) is 1.13. The summed E-state index contributed by atoms with van der Waals surface area (Å²) in [4.78, 5) is 0. The van der Waals surface area contributed by atoms with Crippen LogP contribution in [0.15, 0.2) is 24.3 Å². The molecule has 0 saturated heterocycles. The molecule has 0 heterocycles. The predicted molar refractivity (Wildman–Crippen MR) is 59.2 cm³/mol. The normalized spacial score (nSPS) is 10.4. The van der Waals surface area contributed by atoms with Crippen molar-refractivity contribution in [3.8, 4) is 5.75 Å². The zero-order chi connectivity index (χ0) is 11.6. The lowest BCUT2D eigenvalue weighted by molar-refractivity contribution is 0.0644. The zero-order valence-corrected chi connectivity index (χ0v) is 9.45. The number of rotatable bonds is 8. The quantitative estimate of drug-likeness (QED) is 0.639. The molecular weight excluding hydrogens is 211 g/mol. The molecular formula is C12H17FO3. The summed E-state index contributed by atoms with van der Waals surface area (Å²) in [6.07, 6.45) is 0.807. The Kier molecular flexibility index (Phi) is 6.53. The van der Waals surface area contributed by atoms with E-state index in [1.54, 1.807) is 19.2 Å². The van der Waals surface area contributed by atoms with Gasteiger partial charge in [-0.25, -0.2) is 4.39 Å². The number of hydrogen-bond acceptors (Lipinski definition) is 3. The Morgan fingerprint density at radius 3 is 2.44 bits per heavy atom. The van der Waals surface area contributed by atoms with Crippen LogP contribution in [0.3, 0.4) is 0 Å². The minimum atomic E-state index is -0.254. The molecule has 0 fully saturated rings. The topological polar surface area (TPSA) is 27.7 Å². The van der Waals surface area contributed by atoms with Crippen molar-refractivity contribution in [3.05, 3.63) is 30.1 Å². The van der Waals surface area contributed by atoms with Crippen molar-refractivity contribution in [2.45, 2.75) is 6.42 Å². The van der Waals surface area contributed by atoms with Crippen LogP contribution in [0, 0.1) is 5.82 Å². The maximum absolute atomic E-state index is 12.6. The molecule has 1 rings (SSSR count). The fraction of sp³-hybridized carbons (Fsp3) is 0.500. The minimum absolute atomic E-state index is 0.254. The summed E-state index contributed by atoms with van der Waals surface area (Å²) in [6, 6.07) is 5.98. The Morgan fingerprint density at radius 2 is 1.75 bits per heavy atom. The summed E-state index contributed by atoms with van der Waals surface area (Å²) < 4.78 is 28.1. The van der Waals surface area contributed by atoms with Crippen LogP contribution < -0.4 is 4.74 Å². The second-order valence-corrected chi connectivity index (χ2v) is 3.26. The van der Waals surface area contributed by atoms with Crippen LogP contribution in [0.2, 0.25) is 0 Å². The number of ether oxygens (including phenoxy) is 3. The van der Waals surface area contributed by atoms with Crippen molar-refractivity contribution in [1.29, 1.82) is 0 Å². The van der Waals surface area contributed by atoms with Crippen molar-refractivity contribution in [1.82, 2.24) is 0 Å². The van der Waals surface area contributed by atoms with Gasteiger partial charge in [-0.3, -0.25) is 0 Å². The maximum atomic E-state index is 12.6. The van der Waals surface area contributed by atoms with E-state index in [4.69, 9.17) is 14.2 Å². The van der Waals surface area contributed by atoms with E-state index in [9.17, 15) is 4.39 Å². The highest BCUT2D eigenvalue weighted by atomic mass is 19.1. The van der Waals surface area contributed by atoms with E-state index in [0.717, 1.165) is 6.42 Å². The molecule has 0 spiro atoms. The predicted octanol–water partition coefficient (Wildman–Crippen LogP) is 2.26. The van der Waals surface area contributed by atoms with Crippen LogP contribution in [0.4, 0.5) is 4.39 Å². The van der Waals surface area contributed by atoms with Crippen molar-refractivity contribution >= 4 is 0 Å². The monoisotopic (exact) mass is 228 g/mol. The van der Waals surface area contributed by atoms with Gasteiger partial charge in [0.05, 0.1) is 19.8 Å². The zero-order valence-electron chi connectivity index (χ0n) is 9.45. The molecule has 16 heavy (non-hydrogen) atoms. The molecule has 0 N–H and O–H groups in total. The molecule has 1 aromatic carbocycles. The van der Waals surface area contributed by atoms with Crippen LogP contribution in [-0.2, 0) is 9.47 Å². The van der Waals surface area contributed by atoms with Crippen molar-refractivity contribution in [2.24, 2.45) is 0 Å². The average molecular weight is 228 g/mol. The Hall–Kier alpha value is -1.13. The molecule has 4 heteroatoms. The van der Waals surface area contributed by atoms with Gasteiger partial charge in [0.2, 0.25) is 0 Å². The summed E-state index contributed by atoms with van der Waals surface area (Å²) in [6.45, 7) is 2.43. The van der Waals surface area contributed by atoms with Crippen LogP contribution in [0.25, 0.3) is 0 Å². The first kappa shape index (κ1) is 12.9. The van der Waals surface area contributed by atoms with E-state index < -0.39 is 0 Å². The molecule has 0 aromatic heterocycles. The first-order valence-corrected chi connectivity index (χ1v) is 5.28. The molecule has 0 amide bonds. The van der Waals surface area contributed by atoms with Gasteiger partial charge >= 0.3 is 0 Å². The van der Waals surface area contributed by atoms with Gasteiger partial charge in [0.15, 0.2) is 0 Å². The van der Waals surface area contributed by atoms with Gasteiger partial charge < -0.3 is 14.2 Å². The van der Waals surface area contributed by atoms with Gasteiger partial charge in [-0.1, -0.05) is 0 Å². The van der Waals surface area contributed by atoms with E-state index in [0.29, 0.717) is 32.2 Å². The van der Waals surface area contributed by atoms with E-state index in [2.05, 4.69) is 0 Å². The smallest absolute Gasteiger partial charge is 0.123 e. The minimum Gasteiger partial charge on any atom is -0.494 e. The molecule has 0 atom stereocenters. The number of methoxy groups -OCH3 is 1. The van der Waals surface area contributed by atoms with Crippen LogP contribution >= 0.6 is 0 Å². The first-order chi connectivity index (χ1) is 7.83. The number of halogens is 1. The molecule has 0 bridgehead atoms. The third kappa shape index (κ3) is 5.68. The standard InChI is InChI=1S/C12H17FO3/c1-14-9-10-15-7-2-8-16-12-5-3-11(13)4-6-12/h3-6H,2,7-10H2,1H3.